The minimum Gasteiger partial charge on any atom is -0.330 e. The molecule has 5 heteroatoms. The minimum atomic E-state index is -4.12. The molecule has 0 unspecified atom stereocenters. The van der Waals surface area contributed by atoms with Gasteiger partial charge in [0.2, 0.25) is 0 Å². The van der Waals surface area contributed by atoms with Gasteiger partial charge in [-0.3, -0.25) is 4.90 Å². The molecule has 0 amide bonds. The van der Waals surface area contributed by atoms with Gasteiger partial charge in [0.05, 0.1) is 6.54 Å². The van der Waals surface area contributed by atoms with E-state index in [1.807, 2.05) is 13.8 Å². The molecule has 0 bridgehead atoms. The Bertz CT molecular complexity index is 258. The zero-order valence-electron chi connectivity index (χ0n) is 12.1. The molecule has 19 heavy (non-hydrogen) atoms. The summed E-state index contributed by atoms with van der Waals surface area (Å²) in [6.45, 7) is 3.92. The van der Waals surface area contributed by atoms with Crippen molar-refractivity contribution in [1.82, 2.24) is 4.90 Å². The van der Waals surface area contributed by atoms with Crippen LogP contribution in [0.5, 0.6) is 0 Å². The fraction of sp³-hybridized carbons (Fsp3) is 1.00. The van der Waals surface area contributed by atoms with Gasteiger partial charge in [-0.1, -0.05) is 19.3 Å². The maximum absolute atomic E-state index is 12.5. The predicted octanol–water partition coefficient (Wildman–Crippen LogP) is 3.56. The largest absolute Gasteiger partial charge is 0.401 e. The molecule has 0 aromatic heterocycles. The van der Waals surface area contributed by atoms with Crippen molar-refractivity contribution in [2.75, 3.05) is 19.6 Å². The van der Waals surface area contributed by atoms with Gasteiger partial charge in [0.1, 0.15) is 0 Å². The second kappa shape index (κ2) is 6.93. The summed E-state index contributed by atoms with van der Waals surface area (Å²) in [5.74, 6) is 0. The maximum atomic E-state index is 12.5. The number of nitrogens with two attached hydrogens (primary N) is 1. The number of halogens is 3. The maximum Gasteiger partial charge on any atom is 0.401 e. The van der Waals surface area contributed by atoms with Crippen molar-refractivity contribution in [3.05, 3.63) is 0 Å². The highest BCUT2D eigenvalue weighted by atomic mass is 19.4. The molecule has 0 aromatic carbocycles. The Morgan fingerprint density at radius 3 is 2.16 bits per heavy atom. The quantitative estimate of drug-likeness (QED) is 0.806. The van der Waals surface area contributed by atoms with Gasteiger partial charge >= 0.3 is 6.18 Å². The molecule has 0 atom stereocenters. The van der Waals surface area contributed by atoms with Crippen LogP contribution >= 0.6 is 0 Å². The van der Waals surface area contributed by atoms with Gasteiger partial charge in [0, 0.05) is 6.04 Å². The van der Waals surface area contributed by atoms with Gasteiger partial charge in [-0.25, -0.2) is 0 Å². The number of hydrogen-bond acceptors (Lipinski definition) is 2. The lowest BCUT2D eigenvalue weighted by molar-refractivity contribution is -0.150. The number of hydrogen-bond donors (Lipinski definition) is 1. The Kier molecular flexibility index (Phi) is 6.12. The highest BCUT2D eigenvalue weighted by Crippen LogP contribution is 2.38. The van der Waals surface area contributed by atoms with Crippen LogP contribution in [0.3, 0.4) is 0 Å². The third-order valence-corrected chi connectivity index (χ3v) is 4.39. The van der Waals surface area contributed by atoms with Gasteiger partial charge in [-0.05, 0) is 51.6 Å². The van der Waals surface area contributed by atoms with E-state index >= 15 is 0 Å². The number of alkyl halides is 3. The first-order chi connectivity index (χ1) is 8.78. The standard InChI is InChI=1S/C14H27F3N2/c1-12(2)19(11-14(15,16)17)9-8-13(10-18)6-4-3-5-7-13/h12H,3-11,18H2,1-2H3. The summed E-state index contributed by atoms with van der Waals surface area (Å²) in [4.78, 5) is 1.52. The van der Waals surface area contributed by atoms with Crippen molar-refractivity contribution in [3.8, 4) is 0 Å². The predicted molar refractivity (Wildman–Crippen MR) is 72.0 cm³/mol. The summed E-state index contributed by atoms with van der Waals surface area (Å²) in [5, 5.41) is 0. The molecule has 1 aliphatic rings. The molecule has 1 rings (SSSR count). The fourth-order valence-electron chi connectivity index (χ4n) is 2.99. The Morgan fingerprint density at radius 2 is 1.74 bits per heavy atom. The molecule has 0 saturated heterocycles. The smallest absolute Gasteiger partial charge is 0.330 e. The van der Waals surface area contributed by atoms with Crippen LogP contribution in [0.1, 0.15) is 52.4 Å². The minimum absolute atomic E-state index is 0.0803. The number of rotatable bonds is 6. The van der Waals surface area contributed by atoms with Crippen LogP contribution < -0.4 is 5.73 Å². The Labute approximate surface area is 114 Å². The molecule has 1 fully saturated rings. The van der Waals surface area contributed by atoms with E-state index in [2.05, 4.69) is 0 Å². The second-order valence-corrected chi connectivity index (χ2v) is 6.19. The summed E-state index contributed by atoms with van der Waals surface area (Å²) >= 11 is 0. The van der Waals surface area contributed by atoms with Crippen molar-refractivity contribution in [1.29, 1.82) is 0 Å². The van der Waals surface area contributed by atoms with Gasteiger partial charge < -0.3 is 5.73 Å². The topological polar surface area (TPSA) is 29.3 Å². The van der Waals surface area contributed by atoms with Crippen LogP contribution in [-0.4, -0.2) is 36.8 Å². The van der Waals surface area contributed by atoms with Crippen LogP contribution in [0.4, 0.5) is 13.2 Å². The van der Waals surface area contributed by atoms with E-state index < -0.39 is 12.7 Å². The highest BCUT2D eigenvalue weighted by Gasteiger charge is 2.35. The molecule has 0 heterocycles. The highest BCUT2D eigenvalue weighted by molar-refractivity contribution is 4.85. The van der Waals surface area contributed by atoms with E-state index in [0.29, 0.717) is 13.1 Å². The fourth-order valence-corrected chi connectivity index (χ4v) is 2.99. The van der Waals surface area contributed by atoms with Crippen LogP contribution in [-0.2, 0) is 0 Å². The lowest BCUT2D eigenvalue weighted by Crippen LogP contribution is -2.43. The zero-order chi connectivity index (χ0) is 14.5. The molecule has 114 valence electrons. The molecule has 0 radical (unpaired) electrons. The van der Waals surface area contributed by atoms with Crippen LogP contribution in [0.2, 0.25) is 0 Å². The molecular formula is C14H27F3N2. The Hall–Kier alpha value is -0.290. The average molecular weight is 280 g/mol. The summed E-state index contributed by atoms with van der Waals surface area (Å²) in [7, 11) is 0. The van der Waals surface area contributed by atoms with Crippen LogP contribution in [0, 0.1) is 5.41 Å². The van der Waals surface area contributed by atoms with E-state index in [0.717, 1.165) is 32.1 Å². The van der Waals surface area contributed by atoms with E-state index in [-0.39, 0.29) is 11.5 Å². The van der Waals surface area contributed by atoms with Gasteiger partial charge in [-0.2, -0.15) is 13.2 Å². The van der Waals surface area contributed by atoms with Crippen molar-refractivity contribution in [2.45, 2.75) is 64.6 Å². The van der Waals surface area contributed by atoms with Crippen molar-refractivity contribution >= 4 is 0 Å². The summed E-state index contributed by atoms with van der Waals surface area (Å²) < 4.78 is 37.6. The summed E-state index contributed by atoms with van der Waals surface area (Å²) in [6.07, 6.45) is 2.38. The van der Waals surface area contributed by atoms with Gasteiger partial charge in [0.25, 0.3) is 0 Å². The first-order valence-electron chi connectivity index (χ1n) is 7.29. The Morgan fingerprint density at radius 1 is 1.16 bits per heavy atom. The molecular weight excluding hydrogens is 253 g/mol. The second-order valence-electron chi connectivity index (χ2n) is 6.19. The van der Waals surface area contributed by atoms with Gasteiger partial charge in [0.15, 0.2) is 0 Å². The molecule has 0 spiro atoms. The molecule has 1 saturated carbocycles. The van der Waals surface area contributed by atoms with Crippen molar-refractivity contribution < 1.29 is 13.2 Å². The molecule has 0 aromatic rings. The third-order valence-electron chi connectivity index (χ3n) is 4.39. The first kappa shape index (κ1) is 16.8. The first-order valence-corrected chi connectivity index (χ1v) is 7.29. The zero-order valence-corrected chi connectivity index (χ0v) is 12.1. The lowest BCUT2D eigenvalue weighted by Gasteiger charge is -2.39. The molecule has 2 N–H and O–H groups in total. The average Bonchev–Trinajstić information content (AvgIpc) is 2.34. The van der Waals surface area contributed by atoms with E-state index in [1.54, 1.807) is 0 Å². The molecule has 0 aliphatic heterocycles. The third kappa shape index (κ3) is 5.69. The number of nitrogens with zero attached hydrogens (tertiary/aromatic N) is 1. The summed E-state index contributed by atoms with van der Waals surface area (Å²) in [5.41, 5.74) is 5.97. The van der Waals surface area contributed by atoms with Crippen molar-refractivity contribution in [3.63, 3.8) is 0 Å². The summed E-state index contributed by atoms with van der Waals surface area (Å²) in [6, 6.07) is -0.0833. The monoisotopic (exact) mass is 280 g/mol. The van der Waals surface area contributed by atoms with E-state index in [9.17, 15) is 13.2 Å². The normalized spacial score (nSPS) is 20.2. The van der Waals surface area contributed by atoms with Crippen LogP contribution in [0.15, 0.2) is 0 Å². The van der Waals surface area contributed by atoms with E-state index in [4.69, 9.17) is 5.73 Å². The van der Waals surface area contributed by atoms with E-state index in [1.165, 1.54) is 11.3 Å². The van der Waals surface area contributed by atoms with Crippen LogP contribution in [0.25, 0.3) is 0 Å². The van der Waals surface area contributed by atoms with Gasteiger partial charge in [-0.15, -0.1) is 0 Å². The SMILES string of the molecule is CC(C)N(CCC1(CN)CCCCC1)CC(F)(F)F. The van der Waals surface area contributed by atoms with Crippen molar-refractivity contribution in [2.24, 2.45) is 11.1 Å². The molecule has 1 aliphatic carbocycles. The lowest BCUT2D eigenvalue weighted by atomic mass is 9.72. The Balaban J connectivity index is 2.54. The molecule has 2 nitrogen and oxygen atoms in total.